The molecule has 1 aromatic carbocycles. The lowest BCUT2D eigenvalue weighted by molar-refractivity contribution is -0.132. The molecule has 138 valence electrons. The van der Waals surface area contributed by atoms with Gasteiger partial charge in [0, 0.05) is 32.2 Å². The lowest BCUT2D eigenvalue weighted by Crippen LogP contribution is -2.55. The van der Waals surface area contributed by atoms with Gasteiger partial charge in [0.2, 0.25) is 5.91 Å². The van der Waals surface area contributed by atoms with E-state index < -0.39 is 11.8 Å². The van der Waals surface area contributed by atoms with E-state index in [1.807, 2.05) is 13.8 Å². The summed E-state index contributed by atoms with van der Waals surface area (Å²) in [5.74, 6) is -1.16. The molecule has 8 heteroatoms. The maximum absolute atomic E-state index is 12.5. The predicted molar refractivity (Wildman–Crippen MR) is 93.6 cm³/mol. The second kappa shape index (κ2) is 7.15. The molecule has 8 nitrogen and oxygen atoms in total. The fourth-order valence-electron chi connectivity index (χ4n) is 3.12. The zero-order valence-electron chi connectivity index (χ0n) is 14.9. The number of imide groups is 1. The maximum atomic E-state index is 12.5. The van der Waals surface area contributed by atoms with Gasteiger partial charge in [-0.05, 0) is 26.0 Å². The summed E-state index contributed by atoms with van der Waals surface area (Å²) >= 11 is 0. The van der Waals surface area contributed by atoms with Crippen LogP contribution in [0.4, 0.5) is 4.79 Å². The van der Waals surface area contributed by atoms with Crippen molar-refractivity contribution in [1.29, 1.82) is 0 Å². The second-order valence-electron chi connectivity index (χ2n) is 6.71. The van der Waals surface area contributed by atoms with Gasteiger partial charge in [0.15, 0.2) is 0 Å². The minimum absolute atomic E-state index is 0.0518. The summed E-state index contributed by atoms with van der Waals surface area (Å²) in [7, 11) is 0. The highest BCUT2D eigenvalue weighted by atomic mass is 16.2. The molecule has 26 heavy (non-hydrogen) atoms. The first kappa shape index (κ1) is 17.9. The van der Waals surface area contributed by atoms with E-state index in [0.717, 1.165) is 4.90 Å². The van der Waals surface area contributed by atoms with Crippen LogP contribution in [0.15, 0.2) is 24.3 Å². The standard InChI is InChI=1S/C18H22N4O4/c1-12(2)19-18(26)21-9-7-20(8-10-21)15(23)11-22-16(24)13-5-3-4-6-14(13)17(22)25/h3-6,12H,7-11H2,1-2H3,(H,19,26). The molecule has 5 amide bonds. The average molecular weight is 358 g/mol. The zero-order chi connectivity index (χ0) is 18.8. The Bertz CT molecular complexity index is 718. The summed E-state index contributed by atoms with van der Waals surface area (Å²) in [4.78, 5) is 53.4. The Kier molecular flexibility index (Phi) is 4.92. The molecule has 2 aliphatic heterocycles. The van der Waals surface area contributed by atoms with Crippen molar-refractivity contribution < 1.29 is 19.2 Å². The van der Waals surface area contributed by atoms with Crippen molar-refractivity contribution in [1.82, 2.24) is 20.0 Å². The van der Waals surface area contributed by atoms with E-state index in [1.54, 1.807) is 34.1 Å². The summed E-state index contributed by atoms with van der Waals surface area (Å²) in [5.41, 5.74) is 0.668. The molecule has 0 unspecified atom stereocenters. The van der Waals surface area contributed by atoms with E-state index in [-0.39, 0.29) is 24.5 Å². The van der Waals surface area contributed by atoms with Gasteiger partial charge in [-0.25, -0.2) is 4.79 Å². The highest BCUT2D eigenvalue weighted by Crippen LogP contribution is 2.22. The van der Waals surface area contributed by atoms with Crippen molar-refractivity contribution in [3.63, 3.8) is 0 Å². The van der Waals surface area contributed by atoms with Crippen LogP contribution < -0.4 is 5.32 Å². The lowest BCUT2D eigenvalue weighted by atomic mass is 10.1. The minimum atomic E-state index is -0.436. The van der Waals surface area contributed by atoms with Gasteiger partial charge < -0.3 is 15.1 Å². The second-order valence-corrected chi connectivity index (χ2v) is 6.71. The van der Waals surface area contributed by atoms with Crippen LogP contribution in [0, 0.1) is 0 Å². The van der Waals surface area contributed by atoms with Gasteiger partial charge >= 0.3 is 6.03 Å². The number of nitrogens with one attached hydrogen (secondary N) is 1. The van der Waals surface area contributed by atoms with Crippen molar-refractivity contribution >= 4 is 23.8 Å². The summed E-state index contributed by atoms with van der Waals surface area (Å²) in [6.45, 7) is 5.11. The molecule has 0 spiro atoms. The number of fused-ring (bicyclic) bond motifs is 1. The zero-order valence-corrected chi connectivity index (χ0v) is 14.9. The highest BCUT2D eigenvalue weighted by Gasteiger charge is 2.37. The molecule has 2 heterocycles. The van der Waals surface area contributed by atoms with E-state index in [0.29, 0.717) is 37.3 Å². The van der Waals surface area contributed by atoms with Crippen LogP contribution in [0.5, 0.6) is 0 Å². The SMILES string of the molecule is CC(C)NC(=O)N1CCN(C(=O)CN2C(=O)c3ccccc3C2=O)CC1. The van der Waals surface area contributed by atoms with E-state index in [9.17, 15) is 19.2 Å². The molecular formula is C18H22N4O4. The molecule has 0 saturated carbocycles. The van der Waals surface area contributed by atoms with Crippen LogP contribution in [0.25, 0.3) is 0 Å². The molecule has 1 fully saturated rings. The van der Waals surface area contributed by atoms with Crippen molar-refractivity contribution in [2.45, 2.75) is 19.9 Å². The van der Waals surface area contributed by atoms with Gasteiger partial charge in [-0.1, -0.05) is 12.1 Å². The molecule has 1 saturated heterocycles. The van der Waals surface area contributed by atoms with Gasteiger partial charge in [0.25, 0.3) is 11.8 Å². The molecule has 0 aliphatic carbocycles. The van der Waals surface area contributed by atoms with E-state index in [1.165, 1.54) is 0 Å². The quantitative estimate of drug-likeness (QED) is 0.799. The van der Waals surface area contributed by atoms with Crippen molar-refractivity contribution in [3.8, 4) is 0 Å². The predicted octanol–water partition coefficient (Wildman–Crippen LogP) is 0.545. The molecular weight excluding hydrogens is 336 g/mol. The van der Waals surface area contributed by atoms with E-state index >= 15 is 0 Å². The smallest absolute Gasteiger partial charge is 0.317 e. The third-order valence-corrected chi connectivity index (χ3v) is 4.50. The Morgan fingerprint density at radius 2 is 1.46 bits per heavy atom. The number of carbonyl (C=O) groups excluding carboxylic acids is 4. The number of amides is 5. The molecule has 2 aliphatic rings. The molecule has 3 rings (SSSR count). The number of piperazine rings is 1. The third-order valence-electron chi connectivity index (χ3n) is 4.50. The van der Waals surface area contributed by atoms with Crippen LogP contribution in [-0.4, -0.2) is 77.2 Å². The fourth-order valence-corrected chi connectivity index (χ4v) is 3.12. The maximum Gasteiger partial charge on any atom is 0.317 e. The van der Waals surface area contributed by atoms with Gasteiger partial charge in [-0.15, -0.1) is 0 Å². The highest BCUT2D eigenvalue weighted by molar-refractivity contribution is 6.22. The average Bonchev–Trinajstić information content (AvgIpc) is 2.86. The van der Waals surface area contributed by atoms with Gasteiger partial charge in [0.1, 0.15) is 6.54 Å². The van der Waals surface area contributed by atoms with Crippen LogP contribution in [0.1, 0.15) is 34.6 Å². The van der Waals surface area contributed by atoms with Crippen molar-refractivity contribution in [3.05, 3.63) is 35.4 Å². The minimum Gasteiger partial charge on any atom is -0.338 e. The summed E-state index contributed by atoms with van der Waals surface area (Å²) in [6.07, 6.45) is 0. The third kappa shape index (κ3) is 3.40. The monoisotopic (exact) mass is 358 g/mol. The largest absolute Gasteiger partial charge is 0.338 e. The topological polar surface area (TPSA) is 90.0 Å². The Morgan fingerprint density at radius 1 is 0.962 bits per heavy atom. The number of carbonyl (C=O) groups is 4. The first-order chi connectivity index (χ1) is 12.4. The molecule has 1 N–H and O–H groups in total. The van der Waals surface area contributed by atoms with Crippen molar-refractivity contribution in [2.75, 3.05) is 32.7 Å². The molecule has 0 bridgehead atoms. The number of hydrogen-bond acceptors (Lipinski definition) is 4. The van der Waals surface area contributed by atoms with Crippen molar-refractivity contribution in [2.24, 2.45) is 0 Å². The van der Waals surface area contributed by atoms with E-state index in [2.05, 4.69) is 5.32 Å². The number of benzene rings is 1. The Morgan fingerprint density at radius 3 is 1.96 bits per heavy atom. The summed E-state index contributed by atoms with van der Waals surface area (Å²) < 4.78 is 0. The molecule has 0 aromatic heterocycles. The summed E-state index contributed by atoms with van der Waals surface area (Å²) in [6, 6.07) is 6.47. The number of nitrogens with zero attached hydrogens (tertiary/aromatic N) is 3. The first-order valence-electron chi connectivity index (χ1n) is 8.67. The molecule has 0 radical (unpaired) electrons. The van der Waals surface area contributed by atoms with Gasteiger partial charge in [-0.3, -0.25) is 19.3 Å². The van der Waals surface area contributed by atoms with Crippen LogP contribution in [0.3, 0.4) is 0 Å². The Hall–Kier alpha value is -2.90. The van der Waals surface area contributed by atoms with E-state index in [4.69, 9.17) is 0 Å². The van der Waals surface area contributed by atoms with Crippen LogP contribution in [0.2, 0.25) is 0 Å². The fraction of sp³-hybridized carbons (Fsp3) is 0.444. The normalized spacial score (nSPS) is 17.0. The van der Waals surface area contributed by atoms with Crippen LogP contribution >= 0.6 is 0 Å². The number of hydrogen-bond donors (Lipinski definition) is 1. The van der Waals surface area contributed by atoms with Crippen LogP contribution in [-0.2, 0) is 4.79 Å². The number of urea groups is 1. The lowest BCUT2D eigenvalue weighted by Gasteiger charge is -2.35. The summed E-state index contributed by atoms with van der Waals surface area (Å²) in [5, 5.41) is 2.82. The number of rotatable bonds is 3. The first-order valence-corrected chi connectivity index (χ1v) is 8.67. The van der Waals surface area contributed by atoms with Gasteiger partial charge in [0.05, 0.1) is 11.1 Å². The molecule has 0 atom stereocenters. The Balaban J connectivity index is 1.57. The van der Waals surface area contributed by atoms with Gasteiger partial charge in [-0.2, -0.15) is 0 Å². The molecule has 1 aromatic rings. The Labute approximate surface area is 151 Å².